The van der Waals surface area contributed by atoms with E-state index in [9.17, 15) is 4.79 Å². The molecule has 1 N–H and O–H groups in total. The highest BCUT2D eigenvalue weighted by Gasteiger charge is 2.50. The van der Waals surface area contributed by atoms with Gasteiger partial charge in [-0.3, -0.25) is 9.48 Å². The molecule has 0 aromatic carbocycles. The van der Waals surface area contributed by atoms with E-state index in [-0.39, 0.29) is 0 Å². The molecule has 1 aromatic rings. The van der Waals surface area contributed by atoms with Gasteiger partial charge >= 0.3 is 0 Å². The zero-order chi connectivity index (χ0) is 12.9. The van der Waals surface area contributed by atoms with Crippen molar-refractivity contribution in [1.82, 2.24) is 9.78 Å². The lowest BCUT2D eigenvalue weighted by molar-refractivity contribution is -0.105. The normalized spacial score (nSPS) is 39.5. The number of rotatable bonds is 4. The van der Waals surface area contributed by atoms with Crippen LogP contribution in [0.4, 0.5) is 5.82 Å². The van der Waals surface area contributed by atoms with Crippen molar-refractivity contribution in [3.05, 3.63) is 12.3 Å². The minimum absolute atomic E-state index is 0.499. The van der Waals surface area contributed by atoms with Crippen LogP contribution in [0.25, 0.3) is 0 Å². The van der Waals surface area contributed by atoms with Gasteiger partial charge in [0.25, 0.3) is 0 Å². The van der Waals surface area contributed by atoms with Gasteiger partial charge in [0.2, 0.25) is 6.41 Å². The number of anilines is 1. The summed E-state index contributed by atoms with van der Waals surface area (Å²) in [6.45, 7) is 1.04. The van der Waals surface area contributed by atoms with Crippen LogP contribution in [0.5, 0.6) is 0 Å². The molecule has 0 saturated heterocycles. The fourth-order valence-electron chi connectivity index (χ4n) is 5.41. The van der Waals surface area contributed by atoms with Gasteiger partial charge in [-0.1, -0.05) is 0 Å². The van der Waals surface area contributed by atoms with Crippen molar-refractivity contribution in [2.24, 2.45) is 23.2 Å². The number of carbonyl (C=O) groups excluding carboxylic acids is 1. The lowest BCUT2D eigenvalue weighted by Crippen LogP contribution is -2.47. The average molecular weight is 259 g/mol. The number of nitrogens with one attached hydrogen (secondary N) is 1. The molecule has 102 valence electrons. The molecular formula is C15H21N3O. The standard InChI is InChI=1S/C15H21N3O/c19-10-16-14-1-2-18(17-14)9-15-6-11-3-12(7-15)5-13(4-11)8-15/h1-2,10-13H,3-9H2,(H,16,17,19). The van der Waals surface area contributed by atoms with Crippen molar-refractivity contribution in [2.45, 2.75) is 45.1 Å². The van der Waals surface area contributed by atoms with Crippen molar-refractivity contribution in [3.8, 4) is 0 Å². The fraction of sp³-hybridized carbons (Fsp3) is 0.733. The molecule has 1 aromatic heterocycles. The van der Waals surface area contributed by atoms with E-state index < -0.39 is 0 Å². The van der Waals surface area contributed by atoms with Gasteiger partial charge in [0, 0.05) is 18.8 Å². The second kappa shape index (κ2) is 4.09. The Hall–Kier alpha value is -1.32. The molecule has 4 aliphatic rings. The van der Waals surface area contributed by atoms with Gasteiger partial charge in [-0.25, -0.2) is 0 Å². The highest BCUT2D eigenvalue weighted by atomic mass is 16.1. The predicted molar refractivity (Wildman–Crippen MR) is 72.5 cm³/mol. The number of nitrogens with zero attached hydrogens (tertiary/aromatic N) is 2. The summed E-state index contributed by atoms with van der Waals surface area (Å²) in [5, 5.41) is 7.07. The number of aromatic nitrogens is 2. The summed E-state index contributed by atoms with van der Waals surface area (Å²) < 4.78 is 2.04. The summed E-state index contributed by atoms with van der Waals surface area (Å²) in [6, 6.07) is 1.88. The zero-order valence-electron chi connectivity index (χ0n) is 11.2. The molecule has 0 atom stereocenters. The summed E-state index contributed by atoms with van der Waals surface area (Å²) in [5.41, 5.74) is 0.499. The summed E-state index contributed by atoms with van der Waals surface area (Å²) in [4.78, 5) is 10.4. The van der Waals surface area contributed by atoms with E-state index in [1.165, 1.54) is 38.5 Å². The van der Waals surface area contributed by atoms with Crippen LogP contribution in [0.15, 0.2) is 12.3 Å². The minimum Gasteiger partial charge on any atom is -0.312 e. The van der Waals surface area contributed by atoms with Crippen molar-refractivity contribution in [1.29, 1.82) is 0 Å². The first kappa shape index (κ1) is 11.5. The Morgan fingerprint density at radius 1 is 1.26 bits per heavy atom. The van der Waals surface area contributed by atoms with Crippen LogP contribution in [0.3, 0.4) is 0 Å². The Balaban J connectivity index is 1.53. The third-order valence-electron chi connectivity index (χ3n) is 5.51. The summed E-state index contributed by atoms with van der Waals surface area (Å²) >= 11 is 0. The fourth-order valence-corrected chi connectivity index (χ4v) is 5.41. The van der Waals surface area contributed by atoms with Gasteiger partial charge < -0.3 is 5.32 Å². The SMILES string of the molecule is O=CNc1ccn(CC23CC4CC(CC(C4)C2)C3)n1. The van der Waals surface area contributed by atoms with E-state index in [1.54, 1.807) is 0 Å². The maximum absolute atomic E-state index is 10.4. The highest BCUT2D eigenvalue weighted by molar-refractivity contribution is 5.68. The quantitative estimate of drug-likeness (QED) is 0.845. The lowest BCUT2D eigenvalue weighted by Gasteiger charge is -2.56. The van der Waals surface area contributed by atoms with Gasteiger partial charge in [-0.2, -0.15) is 5.10 Å². The number of hydrogen-bond donors (Lipinski definition) is 1. The summed E-state index contributed by atoms with van der Waals surface area (Å²) in [5.74, 6) is 3.61. The highest BCUT2D eigenvalue weighted by Crippen LogP contribution is 2.60. The van der Waals surface area contributed by atoms with E-state index in [4.69, 9.17) is 0 Å². The van der Waals surface area contributed by atoms with Crippen molar-refractivity contribution in [3.63, 3.8) is 0 Å². The van der Waals surface area contributed by atoms with E-state index in [0.717, 1.165) is 24.3 Å². The Morgan fingerprint density at radius 3 is 2.47 bits per heavy atom. The third kappa shape index (κ3) is 1.97. The first-order valence-corrected chi connectivity index (χ1v) is 7.48. The van der Waals surface area contributed by atoms with Crippen LogP contribution >= 0.6 is 0 Å². The Kier molecular flexibility index (Phi) is 2.47. The molecule has 0 aliphatic heterocycles. The molecule has 0 unspecified atom stereocenters. The molecule has 4 heteroatoms. The Bertz CT molecular complexity index is 458. The van der Waals surface area contributed by atoms with E-state index in [2.05, 4.69) is 10.4 Å². The van der Waals surface area contributed by atoms with Crippen molar-refractivity contribution in [2.75, 3.05) is 5.32 Å². The van der Waals surface area contributed by atoms with Crippen LogP contribution in [-0.4, -0.2) is 16.2 Å². The zero-order valence-corrected chi connectivity index (χ0v) is 11.2. The predicted octanol–water partition coefficient (Wildman–Crippen LogP) is 2.67. The first-order valence-electron chi connectivity index (χ1n) is 7.48. The van der Waals surface area contributed by atoms with E-state index in [1.807, 2.05) is 16.9 Å². The third-order valence-corrected chi connectivity index (χ3v) is 5.51. The molecule has 1 amide bonds. The van der Waals surface area contributed by atoms with Gasteiger partial charge in [0.1, 0.15) is 0 Å². The second-order valence-corrected chi connectivity index (χ2v) is 7.08. The van der Waals surface area contributed by atoms with Crippen LogP contribution in [0.1, 0.15) is 38.5 Å². The summed E-state index contributed by atoms with van der Waals surface area (Å²) in [6.07, 6.45) is 11.3. The van der Waals surface area contributed by atoms with Crippen LogP contribution in [0, 0.1) is 23.2 Å². The lowest BCUT2D eigenvalue weighted by atomic mass is 9.49. The van der Waals surface area contributed by atoms with Gasteiger partial charge in [-0.05, 0) is 61.7 Å². The Morgan fingerprint density at radius 2 is 1.89 bits per heavy atom. The first-order chi connectivity index (χ1) is 9.25. The molecule has 0 spiro atoms. The number of amides is 1. The van der Waals surface area contributed by atoms with Gasteiger partial charge in [0.15, 0.2) is 5.82 Å². The minimum atomic E-state index is 0.499. The van der Waals surface area contributed by atoms with Crippen LogP contribution < -0.4 is 5.32 Å². The largest absolute Gasteiger partial charge is 0.312 e. The van der Waals surface area contributed by atoms with E-state index >= 15 is 0 Å². The number of carbonyl (C=O) groups is 1. The molecule has 0 radical (unpaired) electrons. The summed E-state index contributed by atoms with van der Waals surface area (Å²) in [7, 11) is 0. The average Bonchev–Trinajstić information content (AvgIpc) is 2.74. The molecule has 4 nitrogen and oxygen atoms in total. The Labute approximate surface area is 113 Å². The molecule has 4 fully saturated rings. The van der Waals surface area contributed by atoms with Crippen molar-refractivity contribution < 1.29 is 4.79 Å². The molecule has 1 heterocycles. The maximum Gasteiger partial charge on any atom is 0.212 e. The topological polar surface area (TPSA) is 46.9 Å². The van der Waals surface area contributed by atoms with Crippen LogP contribution in [-0.2, 0) is 11.3 Å². The van der Waals surface area contributed by atoms with Gasteiger partial charge in [0.05, 0.1) is 0 Å². The van der Waals surface area contributed by atoms with Crippen LogP contribution in [0.2, 0.25) is 0 Å². The molecule has 19 heavy (non-hydrogen) atoms. The molecule has 4 bridgehead atoms. The second-order valence-electron chi connectivity index (χ2n) is 7.08. The number of hydrogen-bond acceptors (Lipinski definition) is 2. The monoisotopic (exact) mass is 259 g/mol. The smallest absolute Gasteiger partial charge is 0.212 e. The van der Waals surface area contributed by atoms with Gasteiger partial charge in [-0.15, -0.1) is 0 Å². The molecule has 4 aliphatic carbocycles. The molecular weight excluding hydrogens is 238 g/mol. The molecule has 4 saturated carbocycles. The van der Waals surface area contributed by atoms with Crippen molar-refractivity contribution >= 4 is 12.2 Å². The molecule has 5 rings (SSSR count). The van der Waals surface area contributed by atoms with E-state index in [0.29, 0.717) is 17.6 Å². The maximum atomic E-state index is 10.4.